The monoisotopic (exact) mass is 387 g/mol. The Balaban J connectivity index is 1.99. The Morgan fingerprint density at radius 1 is 1.30 bits per heavy atom. The molecule has 2 aromatic rings. The Hall–Kier alpha value is -2.35. The highest BCUT2D eigenvalue weighted by molar-refractivity contribution is 7.99. The van der Waals surface area contributed by atoms with Gasteiger partial charge in [0.1, 0.15) is 5.82 Å². The summed E-state index contributed by atoms with van der Waals surface area (Å²) in [5, 5.41) is 15.1. The summed E-state index contributed by atoms with van der Waals surface area (Å²) in [4.78, 5) is 23.3. The maximum atomic E-state index is 11.7. The molecule has 8 heteroatoms. The van der Waals surface area contributed by atoms with Gasteiger partial charge in [0, 0.05) is 24.1 Å². The van der Waals surface area contributed by atoms with E-state index in [1.54, 1.807) is 11.8 Å². The molecule has 2 atom stereocenters. The van der Waals surface area contributed by atoms with E-state index >= 15 is 0 Å². The van der Waals surface area contributed by atoms with Gasteiger partial charge in [0.2, 0.25) is 5.91 Å². The van der Waals surface area contributed by atoms with Crippen molar-refractivity contribution in [1.29, 1.82) is 0 Å². The Labute approximate surface area is 163 Å². The minimum Gasteiger partial charge on any atom is -0.334 e. The summed E-state index contributed by atoms with van der Waals surface area (Å²) < 4.78 is 2.07. The number of carbonyl (C=O) groups excluding carboxylic acids is 2. The van der Waals surface area contributed by atoms with Gasteiger partial charge < -0.3 is 5.32 Å². The molecule has 1 aliphatic heterocycles. The van der Waals surface area contributed by atoms with Crippen molar-refractivity contribution in [3.63, 3.8) is 0 Å². The van der Waals surface area contributed by atoms with Crippen LogP contribution >= 0.6 is 11.8 Å². The van der Waals surface area contributed by atoms with Crippen molar-refractivity contribution in [2.24, 2.45) is 0 Å². The van der Waals surface area contributed by atoms with E-state index in [2.05, 4.69) is 71.3 Å². The number of nitrogens with one attached hydrogen (secondary N) is 2. The Kier molecular flexibility index (Phi) is 5.84. The van der Waals surface area contributed by atoms with Crippen molar-refractivity contribution in [2.45, 2.75) is 63.4 Å². The fourth-order valence-corrected chi connectivity index (χ4v) is 3.92. The molecule has 3 rings (SSSR count). The van der Waals surface area contributed by atoms with Crippen LogP contribution in [0.1, 0.15) is 43.6 Å². The first-order valence-corrected chi connectivity index (χ1v) is 10.0. The van der Waals surface area contributed by atoms with E-state index in [1.165, 1.54) is 0 Å². The van der Waals surface area contributed by atoms with Crippen molar-refractivity contribution >= 4 is 23.7 Å². The first kappa shape index (κ1) is 19.4. The molecular formula is C19H25N5O2S. The molecule has 1 aliphatic rings. The highest BCUT2D eigenvalue weighted by Gasteiger charge is 2.27. The Morgan fingerprint density at radius 2 is 2.07 bits per heavy atom. The molecule has 1 fully saturated rings. The molecule has 2 heterocycles. The highest BCUT2D eigenvalue weighted by atomic mass is 32.2. The van der Waals surface area contributed by atoms with Gasteiger partial charge in [-0.05, 0) is 37.5 Å². The first-order chi connectivity index (χ1) is 12.9. The predicted molar refractivity (Wildman–Crippen MR) is 105 cm³/mol. The molecule has 2 N–H and O–H groups in total. The zero-order valence-corrected chi connectivity index (χ0v) is 16.9. The van der Waals surface area contributed by atoms with Gasteiger partial charge in [-0.15, -0.1) is 10.2 Å². The van der Waals surface area contributed by atoms with E-state index in [-0.39, 0.29) is 18.4 Å². The lowest BCUT2D eigenvalue weighted by atomic mass is 10.1. The van der Waals surface area contributed by atoms with Crippen LogP contribution in [0.2, 0.25) is 0 Å². The molecule has 0 spiro atoms. The molecule has 0 saturated carbocycles. The number of rotatable bonds is 6. The number of imide groups is 1. The van der Waals surface area contributed by atoms with E-state index in [0.717, 1.165) is 34.2 Å². The van der Waals surface area contributed by atoms with Crippen molar-refractivity contribution in [1.82, 2.24) is 25.4 Å². The smallest absolute Gasteiger partial charge is 0.321 e. The summed E-state index contributed by atoms with van der Waals surface area (Å²) in [6.45, 7) is 8.43. The Bertz CT molecular complexity index is 848. The van der Waals surface area contributed by atoms with Gasteiger partial charge in [0.25, 0.3) is 0 Å². The summed E-state index contributed by atoms with van der Waals surface area (Å²) in [6, 6.07) is 5.54. The van der Waals surface area contributed by atoms with Crippen molar-refractivity contribution < 1.29 is 9.59 Å². The summed E-state index contributed by atoms with van der Waals surface area (Å²) in [7, 11) is 0. The van der Waals surface area contributed by atoms with Gasteiger partial charge >= 0.3 is 6.03 Å². The second-order valence-electron chi connectivity index (χ2n) is 6.99. The van der Waals surface area contributed by atoms with Gasteiger partial charge in [0.05, 0.1) is 5.69 Å². The predicted octanol–water partition coefficient (Wildman–Crippen LogP) is 2.92. The van der Waals surface area contributed by atoms with Crippen molar-refractivity contribution in [2.75, 3.05) is 0 Å². The molecule has 27 heavy (non-hydrogen) atoms. The molecule has 7 nitrogen and oxygen atoms in total. The SMILES string of the molecule is CCC(C)Sc1nnc(CC2CC(=O)NC(=O)N2)n1-c1cc(C)ccc1C. The summed E-state index contributed by atoms with van der Waals surface area (Å²) >= 11 is 1.69. The summed E-state index contributed by atoms with van der Waals surface area (Å²) in [5.41, 5.74) is 3.31. The van der Waals surface area contributed by atoms with Crippen LogP contribution in [0.3, 0.4) is 0 Å². The average molecular weight is 388 g/mol. The zero-order chi connectivity index (χ0) is 19.6. The number of aryl methyl sites for hydroxylation is 2. The maximum absolute atomic E-state index is 11.7. The number of benzene rings is 1. The molecule has 3 amide bonds. The molecule has 2 unspecified atom stereocenters. The molecule has 0 radical (unpaired) electrons. The van der Waals surface area contributed by atoms with Gasteiger partial charge in [-0.3, -0.25) is 14.7 Å². The number of urea groups is 1. The summed E-state index contributed by atoms with van der Waals surface area (Å²) in [6.07, 6.45) is 1.71. The van der Waals surface area contributed by atoms with Crippen LogP contribution in [0.5, 0.6) is 0 Å². The molecule has 1 aromatic carbocycles. The lowest BCUT2D eigenvalue weighted by molar-refractivity contribution is -0.121. The van der Waals surface area contributed by atoms with Gasteiger partial charge in [-0.2, -0.15) is 0 Å². The number of hydrogen-bond donors (Lipinski definition) is 2. The lowest BCUT2D eigenvalue weighted by Gasteiger charge is -2.23. The van der Waals surface area contributed by atoms with E-state index < -0.39 is 6.03 Å². The third-order valence-corrected chi connectivity index (χ3v) is 5.85. The molecule has 0 aliphatic carbocycles. The third-order valence-electron chi connectivity index (χ3n) is 4.64. The second kappa shape index (κ2) is 8.12. The quantitative estimate of drug-likeness (QED) is 0.744. The minimum atomic E-state index is -0.455. The van der Waals surface area contributed by atoms with Crippen LogP contribution < -0.4 is 10.6 Å². The number of thioether (sulfide) groups is 1. The van der Waals surface area contributed by atoms with E-state index in [0.29, 0.717) is 11.7 Å². The van der Waals surface area contributed by atoms with Crippen LogP contribution in [0, 0.1) is 13.8 Å². The van der Waals surface area contributed by atoms with Crippen LogP contribution in [0.15, 0.2) is 23.4 Å². The lowest BCUT2D eigenvalue weighted by Crippen LogP contribution is -2.53. The van der Waals surface area contributed by atoms with Crippen LogP contribution in [0.4, 0.5) is 4.79 Å². The number of nitrogens with zero attached hydrogens (tertiary/aromatic N) is 3. The van der Waals surface area contributed by atoms with Gasteiger partial charge in [-0.25, -0.2) is 4.79 Å². The molecule has 1 saturated heterocycles. The third kappa shape index (κ3) is 4.50. The summed E-state index contributed by atoms with van der Waals surface area (Å²) in [5.74, 6) is 0.477. The van der Waals surface area contributed by atoms with E-state index in [4.69, 9.17) is 0 Å². The maximum Gasteiger partial charge on any atom is 0.321 e. The molecule has 0 bridgehead atoms. The largest absolute Gasteiger partial charge is 0.334 e. The van der Waals surface area contributed by atoms with E-state index in [9.17, 15) is 9.59 Å². The fraction of sp³-hybridized carbons (Fsp3) is 0.474. The average Bonchev–Trinajstić information content (AvgIpc) is 2.98. The molecule has 144 valence electrons. The normalized spacial score (nSPS) is 18.1. The Morgan fingerprint density at radius 3 is 2.78 bits per heavy atom. The van der Waals surface area contributed by atoms with Crippen LogP contribution in [-0.4, -0.2) is 38.0 Å². The number of amides is 3. The first-order valence-electron chi connectivity index (χ1n) is 9.16. The number of hydrogen-bond acceptors (Lipinski definition) is 5. The van der Waals surface area contributed by atoms with Crippen LogP contribution in [0.25, 0.3) is 5.69 Å². The van der Waals surface area contributed by atoms with Crippen LogP contribution in [-0.2, 0) is 11.2 Å². The van der Waals surface area contributed by atoms with E-state index in [1.807, 2.05) is 0 Å². The molecule has 1 aromatic heterocycles. The highest BCUT2D eigenvalue weighted by Crippen LogP contribution is 2.29. The number of carbonyl (C=O) groups is 2. The topological polar surface area (TPSA) is 88.9 Å². The fourth-order valence-electron chi connectivity index (χ4n) is 2.99. The second-order valence-corrected chi connectivity index (χ2v) is 8.39. The standard InChI is InChI=1S/C19H25N5O2S/c1-5-13(4)27-19-23-22-16(9-14-10-17(25)21-18(26)20-14)24(19)15-8-11(2)6-7-12(15)3/h6-8,13-14H,5,9-10H2,1-4H3,(H2,20,21,25,26). The van der Waals surface area contributed by atoms with Gasteiger partial charge in [-0.1, -0.05) is 37.7 Å². The van der Waals surface area contributed by atoms with Crippen molar-refractivity contribution in [3.05, 3.63) is 35.2 Å². The van der Waals surface area contributed by atoms with Crippen molar-refractivity contribution in [3.8, 4) is 5.69 Å². The minimum absolute atomic E-state index is 0.235. The number of aromatic nitrogens is 3. The van der Waals surface area contributed by atoms with Gasteiger partial charge in [0.15, 0.2) is 5.16 Å². The molecular weight excluding hydrogens is 362 g/mol. The zero-order valence-electron chi connectivity index (χ0n) is 16.1.